The molecular formula is C18H12F3N5O2. The molecule has 0 aliphatic rings. The fourth-order valence-electron chi connectivity index (χ4n) is 2.21. The van der Waals surface area contributed by atoms with Gasteiger partial charge in [-0.2, -0.15) is 23.5 Å². The van der Waals surface area contributed by atoms with Crippen molar-refractivity contribution in [2.24, 2.45) is 0 Å². The van der Waals surface area contributed by atoms with Crippen LogP contribution in [0.4, 0.5) is 18.9 Å². The van der Waals surface area contributed by atoms with E-state index in [-0.39, 0.29) is 12.4 Å². The van der Waals surface area contributed by atoms with Crippen molar-refractivity contribution in [3.05, 3.63) is 66.1 Å². The summed E-state index contributed by atoms with van der Waals surface area (Å²) in [5.41, 5.74) is -0.288. The molecule has 0 aliphatic heterocycles. The molecule has 1 amide bonds. The number of carbonyl (C=O) groups excluding carboxylic acids is 1. The molecule has 0 aliphatic carbocycles. The van der Waals surface area contributed by atoms with E-state index in [2.05, 4.69) is 15.4 Å². The van der Waals surface area contributed by atoms with Gasteiger partial charge < -0.3 is 10.1 Å². The van der Waals surface area contributed by atoms with Crippen LogP contribution in [-0.4, -0.2) is 20.7 Å². The van der Waals surface area contributed by atoms with Crippen LogP contribution in [0.2, 0.25) is 0 Å². The highest BCUT2D eigenvalue weighted by Crippen LogP contribution is 2.27. The maximum Gasteiger partial charge on any atom is 0.435 e. The van der Waals surface area contributed by atoms with E-state index in [0.29, 0.717) is 17.0 Å². The van der Waals surface area contributed by atoms with Gasteiger partial charge in [0.1, 0.15) is 12.3 Å². The maximum absolute atomic E-state index is 12.5. The zero-order valence-electron chi connectivity index (χ0n) is 14.1. The Morgan fingerprint density at radius 3 is 2.71 bits per heavy atom. The topological polar surface area (TPSA) is 92.8 Å². The minimum absolute atomic E-state index is 0.245. The summed E-state index contributed by atoms with van der Waals surface area (Å²) in [5, 5.41) is 14.7. The minimum Gasteiger partial charge on any atom is -0.439 e. The average molecular weight is 387 g/mol. The molecule has 2 heterocycles. The molecule has 0 unspecified atom stereocenters. The van der Waals surface area contributed by atoms with Crippen LogP contribution in [0.1, 0.15) is 11.3 Å². The lowest BCUT2D eigenvalue weighted by Crippen LogP contribution is -2.19. The summed E-state index contributed by atoms with van der Waals surface area (Å²) in [7, 11) is 0. The Morgan fingerprint density at radius 2 is 2.07 bits per heavy atom. The van der Waals surface area contributed by atoms with E-state index in [1.807, 2.05) is 6.07 Å². The third kappa shape index (κ3) is 4.85. The van der Waals surface area contributed by atoms with Crippen molar-refractivity contribution in [2.75, 3.05) is 5.32 Å². The quantitative estimate of drug-likeness (QED) is 0.722. The van der Waals surface area contributed by atoms with Gasteiger partial charge in [0, 0.05) is 12.3 Å². The molecule has 0 fully saturated rings. The number of amides is 1. The Morgan fingerprint density at radius 1 is 1.25 bits per heavy atom. The highest BCUT2D eigenvalue weighted by atomic mass is 19.4. The van der Waals surface area contributed by atoms with Crippen LogP contribution in [0.5, 0.6) is 11.6 Å². The molecule has 2 aromatic heterocycles. The van der Waals surface area contributed by atoms with Crippen molar-refractivity contribution in [1.29, 1.82) is 5.26 Å². The van der Waals surface area contributed by atoms with Crippen molar-refractivity contribution in [2.45, 2.75) is 12.7 Å². The Kier molecular flexibility index (Phi) is 5.26. The number of hydrogen-bond donors (Lipinski definition) is 1. The van der Waals surface area contributed by atoms with Gasteiger partial charge in [-0.1, -0.05) is 6.07 Å². The number of anilines is 1. The Labute approximate surface area is 157 Å². The van der Waals surface area contributed by atoms with Crippen LogP contribution in [-0.2, 0) is 17.5 Å². The fourth-order valence-corrected chi connectivity index (χ4v) is 2.21. The predicted octanol–water partition coefficient (Wildman–Crippen LogP) is 3.60. The molecule has 7 nitrogen and oxygen atoms in total. The van der Waals surface area contributed by atoms with Gasteiger partial charge in [-0.25, -0.2) is 4.98 Å². The van der Waals surface area contributed by atoms with Crippen LogP contribution >= 0.6 is 0 Å². The van der Waals surface area contributed by atoms with Gasteiger partial charge in [0.05, 0.1) is 23.5 Å². The van der Waals surface area contributed by atoms with Crippen molar-refractivity contribution in [3.8, 4) is 17.7 Å². The molecule has 3 rings (SSSR count). The monoisotopic (exact) mass is 387 g/mol. The molecule has 0 spiro atoms. The predicted molar refractivity (Wildman–Crippen MR) is 91.3 cm³/mol. The number of nitrogens with one attached hydrogen (secondary N) is 1. The molecule has 0 saturated heterocycles. The van der Waals surface area contributed by atoms with E-state index in [4.69, 9.17) is 10.00 Å². The lowest BCUT2D eigenvalue weighted by molar-refractivity contribution is -0.141. The number of benzene rings is 1. The van der Waals surface area contributed by atoms with Crippen molar-refractivity contribution < 1.29 is 22.7 Å². The number of pyridine rings is 1. The van der Waals surface area contributed by atoms with Crippen LogP contribution in [0, 0.1) is 11.3 Å². The van der Waals surface area contributed by atoms with E-state index in [1.165, 1.54) is 18.3 Å². The van der Waals surface area contributed by atoms with Crippen LogP contribution < -0.4 is 10.1 Å². The first kappa shape index (κ1) is 18.9. The second-order valence-corrected chi connectivity index (χ2v) is 5.57. The number of halogens is 3. The number of nitrogens with zero attached hydrogens (tertiary/aromatic N) is 4. The summed E-state index contributed by atoms with van der Waals surface area (Å²) < 4.78 is 43.9. The fraction of sp³-hybridized carbons (Fsp3) is 0.111. The maximum atomic E-state index is 12.5. The summed E-state index contributed by atoms with van der Waals surface area (Å²) in [6, 6.07) is 12.3. The van der Waals surface area contributed by atoms with Crippen LogP contribution in [0.15, 0.2) is 54.9 Å². The van der Waals surface area contributed by atoms with E-state index in [9.17, 15) is 18.0 Å². The second kappa shape index (κ2) is 7.79. The van der Waals surface area contributed by atoms with Crippen LogP contribution in [0.3, 0.4) is 0 Å². The first-order valence-electron chi connectivity index (χ1n) is 7.88. The summed E-state index contributed by atoms with van der Waals surface area (Å²) in [6.07, 6.45) is -2.15. The summed E-state index contributed by atoms with van der Waals surface area (Å²) in [6.45, 7) is -0.380. The number of ether oxygens (including phenoxy) is 1. The summed E-state index contributed by atoms with van der Waals surface area (Å²) in [5.74, 6) is 0.117. The molecule has 0 atom stereocenters. The molecule has 1 N–H and O–H groups in total. The summed E-state index contributed by atoms with van der Waals surface area (Å²) in [4.78, 5) is 16.0. The van der Waals surface area contributed by atoms with Gasteiger partial charge in [0.2, 0.25) is 11.8 Å². The lowest BCUT2D eigenvalue weighted by Gasteiger charge is -2.08. The molecular weight excluding hydrogens is 375 g/mol. The Hall–Kier alpha value is -3.87. The van der Waals surface area contributed by atoms with Gasteiger partial charge in [0.25, 0.3) is 0 Å². The van der Waals surface area contributed by atoms with Gasteiger partial charge in [-0.15, -0.1) is 0 Å². The zero-order valence-corrected chi connectivity index (χ0v) is 14.1. The highest BCUT2D eigenvalue weighted by molar-refractivity contribution is 5.90. The normalized spacial score (nSPS) is 10.9. The van der Waals surface area contributed by atoms with Crippen molar-refractivity contribution in [1.82, 2.24) is 14.8 Å². The van der Waals surface area contributed by atoms with Gasteiger partial charge in [-0.05, 0) is 30.3 Å². The number of aromatic nitrogens is 3. The lowest BCUT2D eigenvalue weighted by atomic mass is 10.2. The number of hydrogen-bond acceptors (Lipinski definition) is 5. The van der Waals surface area contributed by atoms with E-state index < -0.39 is 17.8 Å². The molecule has 0 radical (unpaired) electrons. The molecule has 0 saturated carbocycles. The molecule has 3 aromatic rings. The standard InChI is InChI=1S/C18H12F3N5O2/c19-18(20,21)15-6-7-26(25-15)11-16(27)24-13-4-5-17(23-10-13)28-14-3-1-2-12(8-14)9-22/h1-8,10H,11H2,(H,24,27). The first-order valence-corrected chi connectivity index (χ1v) is 7.88. The number of alkyl halides is 3. The molecule has 1 aromatic carbocycles. The van der Waals surface area contributed by atoms with Gasteiger partial charge in [-0.3, -0.25) is 9.48 Å². The first-order chi connectivity index (χ1) is 13.3. The average Bonchev–Trinajstić information content (AvgIpc) is 3.12. The van der Waals surface area contributed by atoms with Gasteiger partial charge >= 0.3 is 6.18 Å². The molecule has 0 bridgehead atoms. The number of nitriles is 1. The molecule has 142 valence electrons. The van der Waals surface area contributed by atoms with Gasteiger partial charge in [0.15, 0.2) is 5.69 Å². The third-order valence-corrected chi connectivity index (χ3v) is 3.44. The largest absolute Gasteiger partial charge is 0.439 e. The highest BCUT2D eigenvalue weighted by Gasteiger charge is 2.33. The summed E-state index contributed by atoms with van der Waals surface area (Å²) >= 11 is 0. The molecule has 28 heavy (non-hydrogen) atoms. The minimum atomic E-state index is -4.56. The van der Waals surface area contributed by atoms with E-state index in [0.717, 1.165) is 16.9 Å². The smallest absolute Gasteiger partial charge is 0.435 e. The van der Waals surface area contributed by atoms with Crippen LogP contribution in [0.25, 0.3) is 0 Å². The van der Waals surface area contributed by atoms with Crippen molar-refractivity contribution in [3.63, 3.8) is 0 Å². The Bertz CT molecular complexity index is 1020. The Balaban J connectivity index is 1.58. The van der Waals surface area contributed by atoms with E-state index in [1.54, 1.807) is 24.3 Å². The van der Waals surface area contributed by atoms with Crippen molar-refractivity contribution >= 4 is 11.6 Å². The number of rotatable bonds is 5. The molecule has 10 heteroatoms. The third-order valence-electron chi connectivity index (χ3n) is 3.44. The SMILES string of the molecule is N#Cc1cccc(Oc2ccc(NC(=O)Cn3ccc(C(F)(F)F)n3)cn2)c1. The van der Waals surface area contributed by atoms with E-state index >= 15 is 0 Å². The number of carbonyl (C=O) groups is 1. The zero-order chi connectivity index (χ0) is 20.1. The second-order valence-electron chi connectivity index (χ2n) is 5.57.